The molecule has 44 heavy (non-hydrogen) atoms. The number of hydrogen-bond donors (Lipinski definition) is 1. The van der Waals surface area contributed by atoms with Gasteiger partial charge in [0, 0.05) is 49.0 Å². The summed E-state index contributed by atoms with van der Waals surface area (Å²) in [4.78, 5) is 62.8. The van der Waals surface area contributed by atoms with Gasteiger partial charge in [-0.15, -0.1) is 0 Å². The molecule has 4 amide bonds. The fraction of sp³-hybridized carbons (Fsp3) is 0.265. The number of pyridine rings is 1. The van der Waals surface area contributed by atoms with Crippen LogP contribution in [0.2, 0.25) is 5.02 Å². The molecule has 4 aromatic rings. The lowest BCUT2D eigenvalue weighted by Crippen LogP contribution is -2.53. The number of benzene rings is 3. The lowest BCUT2D eigenvalue weighted by molar-refractivity contribution is -0.148. The Morgan fingerprint density at radius 1 is 1.02 bits per heavy atom. The van der Waals surface area contributed by atoms with Crippen molar-refractivity contribution in [2.75, 3.05) is 18.0 Å². The number of carbonyl (C=O) groups is 4. The molecule has 2 heterocycles. The Morgan fingerprint density at radius 3 is 2.43 bits per heavy atom. The molecule has 0 saturated carbocycles. The van der Waals surface area contributed by atoms with Gasteiger partial charge in [-0.2, -0.15) is 0 Å². The van der Waals surface area contributed by atoms with Crippen molar-refractivity contribution < 1.29 is 19.2 Å². The maximum absolute atomic E-state index is 14.6. The molecule has 1 aliphatic heterocycles. The van der Waals surface area contributed by atoms with Crippen LogP contribution in [0.5, 0.6) is 0 Å². The molecule has 9 nitrogen and oxygen atoms in total. The molecule has 3 aromatic carbocycles. The van der Waals surface area contributed by atoms with Crippen LogP contribution in [0.15, 0.2) is 91.3 Å². The largest absolute Gasteiger partial charge is 0.368 e. The second-order valence-electron chi connectivity index (χ2n) is 11.0. The summed E-state index contributed by atoms with van der Waals surface area (Å²) in [7, 11) is 0. The summed E-state index contributed by atoms with van der Waals surface area (Å²) in [6.45, 7) is 3.16. The van der Waals surface area contributed by atoms with Crippen LogP contribution in [0.1, 0.15) is 37.4 Å². The maximum atomic E-state index is 14.6. The van der Waals surface area contributed by atoms with Crippen molar-refractivity contribution >= 4 is 51.7 Å². The van der Waals surface area contributed by atoms with Crippen LogP contribution in [0.4, 0.5) is 5.69 Å². The van der Waals surface area contributed by atoms with E-state index in [2.05, 4.69) is 4.98 Å². The van der Waals surface area contributed by atoms with Crippen molar-refractivity contribution in [3.63, 3.8) is 0 Å². The molecule has 0 radical (unpaired) electrons. The van der Waals surface area contributed by atoms with Crippen LogP contribution in [-0.4, -0.2) is 63.6 Å². The standard InChI is InChI=1S/C34H34ClN5O4/c1-22-15-18-38(30(33(36)43)20-25-9-5-8-24-7-3-4-12-29(24)25)34(44)32(26-10-6-11-27(35)19-26)40(22)31(42)21-39(23(2)41)28-13-16-37-17-14-28/h3-14,16-17,19,22,30,32H,15,18,20-21H2,1-2H3,(H2,36,43). The first-order chi connectivity index (χ1) is 21.2. The van der Waals surface area contributed by atoms with E-state index in [1.165, 1.54) is 21.6 Å². The summed E-state index contributed by atoms with van der Waals surface area (Å²) in [5.74, 6) is -1.83. The van der Waals surface area contributed by atoms with Crippen molar-refractivity contribution in [3.8, 4) is 0 Å². The lowest BCUT2D eigenvalue weighted by atomic mass is 9.96. The number of hydrogen-bond acceptors (Lipinski definition) is 5. The molecule has 1 fully saturated rings. The van der Waals surface area contributed by atoms with E-state index in [-0.39, 0.29) is 25.4 Å². The number of nitrogens with two attached hydrogens (primary N) is 1. The van der Waals surface area contributed by atoms with Gasteiger partial charge in [-0.3, -0.25) is 24.2 Å². The maximum Gasteiger partial charge on any atom is 0.250 e. The van der Waals surface area contributed by atoms with Gasteiger partial charge >= 0.3 is 0 Å². The number of aromatic nitrogens is 1. The van der Waals surface area contributed by atoms with Crippen molar-refractivity contribution in [1.29, 1.82) is 0 Å². The summed E-state index contributed by atoms with van der Waals surface area (Å²) in [5, 5.41) is 2.39. The first-order valence-electron chi connectivity index (χ1n) is 14.5. The fourth-order valence-corrected chi connectivity index (χ4v) is 6.15. The molecule has 226 valence electrons. The number of carbonyl (C=O) groups excluding carboxylic acids is 4. The third kappa shape index (κ3) is 6.43. The van der Waals surface area contributed by atoms with Gasteiger partial charge in [-0.25, -0.2) is 0 Å². The molecule has 0 bridgehead atoms. The third-order valence-corrected chi connectivity index (χ3v) is 8.39. The zero-order valence-corrected chi connectivity index (χ0v) is 25.4. The summed E-state index contributed by atoms with van der Waals surface area (Å²) in [5.41, 5.74) is 7.89. The number of fused-ring (bicyclic) bond motifs is 1. The number of rotatable bonds is 8. The first-order valence-corrected chi connectivity index (χ1v) is 14.8. The lowest BCUT2D eigenvalue weighted by Gasteiger charge is -2.37. The number of halogens is 1. The van der Waals surface area contributed by atoms with Crippen molar-refractivity contribution in [2.24, 2.45) is 5.73 Å². The van der Waals surface area contributed by atoms with E-state index >= 15 is 0 Å². The fourth-order valence-electron chi connectivity index (χ4n) is 5.95. The van der Waals surface area contributed by atoms with Crippen LogP contribution >= 0.6 is 11.6 Å². The summed E-state index contributed by atoms with van der Waals surface area (Å²) < 4.78 is 0. The van der Waals surface area contributed by atoms with E-state index in [4.69, 9.17) is 17.3 Å². The first kappa shape index (κ1) is 30.7. The number of anilines is 1. The van der Waals surface area contributed by atoms with Gasteiger partial charge in [-0.05, 0) is 59.5 Å². The van der Waals surface area contributed by atoms with Gasteiger partial charge in [-0.1, -0.05) is 66.2 Å². The minimum Gasteiger partial charge on any atom is -0.368 e. The van der Waals surface area contributed by atoms with E-state index < -0.39 is 35.8 Å². The van der Waals surface area contributed by atoms with Crippen LogP contribution in [0.25, 0.3) is 10.8 Å². The smallest absolute Gasteiger partial charge is 0.250 e. The second kappa shape index (κ2) is 13.3. The Kier molecular flexibility index (Phi) is 9.25. The summed E-state index contributed by atoms with van der Waals surface area (Å²) in [6.07, 6.45) is 3.69. The van der Waals surface area contributed by atoms with Gasteiger partial charge in [0.15, 0.2) is 0 Å². The highest BCUT2D eigenvalue weighted by molar-refractivity contribution is 6.30. The monoisotopic (exact) mass is 611 g/mol. The molecular weight excluding hydrogens is 578 g/mol. The average molecular weight is 612 g/mol. The SMILES string of the molecule is CC(=O)N(CC(=O)N1C(C)CCN(C(Cc2cccc3ccccc23)C(N)=O)C(=O)C1c1cccc(Cl)c1)c1ccncc1. The van der Waals surface area contributed by atoms with E-state index in [9.17, 15) is 19.2 Å². The molecule has 0 spiro atoms. The van der Waals surface area contributed by atoms with Gasteiger partial charge in [0.05, 0.1) is 0 Å². The highest BCUT2D eigenvalue weighted by atomic mass is 35.5. The van der Waals surface area contributed by atoms with Crippen molar-refractivity contribution in [2.45, 2.75) is 44.8 Å². The molecule has 0 aliphatic carbocycles. The molecule has 5 rings (SSSR count). The van der Waals surface area contributed by atoms with Gasteiger partial charge < -0.3 is 20.4 Å². The van der Waals surface area contributed by atoms with Gasteiger partial charge in [0.1, 0.15) is 18.6 Å². The van der Waals surface area contributed by atoms with Gasteiger partial charge in [0.25, 0.3) is 5.91 Å². The molecule has 2 N–H and O–H groups in total. The van der Waals surface area contributed by atoms with Crippen molar-refractivity contribution in [3.05, 3.63) is 107 Å². The molecule has 10 heteroatoms. The minimum absolute atomic E-state index is 0.208. The third-order valence-electron chi connectivity index (χ3n) is 8.16. The molecule has 1 aliphatic rings. The number of primary amides is 1. The molecular formula is C34H34ClN5O4. The van der Waals surface area contributed by atoms with Gasteiger partial charge in [0.2, 0.25) is 17.7 Å². The van der Waals surface area contributed by atoms with Crippen LogP contribution in [0, 0.1) is 0 Å². The topological polar surface area (TPSA) is 117 Å². The highest BCUT2D eigenvalue weighted by Gasteiger charge is 2.43. The predicted octanol–water partition coefficient (Wildman–Crippen LogP) is 4.53. The Hall–Kier alpha value is -4.76. The Bertz CT molecular complexity index is 1690. The van der Waals surface area contributed by atoms with Crippen molar-refractivity contribution in [1.82, 2.24) is 14.8 Å². The molecule has 3 unspecified atom stereocenters. The van der Waals surface area contributed by atoms with Crippen LogP contribution in [0.3, 0.4) is 0 Å². The average Bonchev–Trinajstić information content (AvgIpc) is 3.14. The van der Waals surface area contributed by atoms with Crippen LogP contribution in [-0.2, 0) is 25.6 Å². The molecule has 1 saturated heterocycles. The Morgan fingerprint density at radius 2 is 1.73 bits per heavy atom. The van der Waals surface area contributed by atoms with Crippen LogP contribution < -0.4 is 10.6 Å². The highest BCUT2D eigenvalue weighted by Crippen LogP contribution is 2.33. The molecule has 3 atom stereocenters. The second-order valence-corrected chi connectivity index (χ2v) is 11.4. The number of nitrogens with zero attached hydrogens (tertiary/aromatic N) is 4. The predicted molar refractivity (Wildman–Crippen MR) is 170 cm³/mol. The zero-order valence-electron chi connectivity index (χ0n) is 24.6. The zero-order chi connectivity index (χ0) is 31.4. The normalized spacial score (nSPS) is 17.7. The Labute approximate surface area is 261 Å². The Balaban J connectivity index is 1.54. The van der Waals surface area contributed by atoms with E-state index in [0.717, 1.165) is 16.3 Å². The summed E-state index contributed by atoms with van der Waals surface area (Å²) >= 11 is 6.37. The van der Waals surface area contributed by atoms with E-state index in [1.807, 2.05) is 49.4 Å². The van der Waals surface area contributed by atoms with E-state index in [0.29, 0.717) is 22.7 Å². The minimum atomic E-state index is -1.10. The quantitative estimate of drug-likeness (QED) is 0.314. The molecule has 1 aromatic heterocycles. The number of amides is 4. The summed E-state index contributed by atoms with van der Waals surface area (Å²) in [6, 6.07) is 21.3. The van der Waals surface area contributed by atoms with E-state index in [1.54, 1.807) is 48.8 Å².